The van der Waals surface area contributed by atoms with Crippen LogP contribution in [0.2, 0.25) is 0 Å². The molecule has 0 saturated heterocycles. The van der Waals surface area contributed by atoms with Crippen molar-refractivity contribution in [1.29, 1.82) is 0 Å². The highest BCUT2D eigenvalue weighted by Crippen LogP contribution is 2.33. The van der Waals surface area contributed by atoms with Crippen LogP contribution in [-0.4, -0.2) is 41.8 Å². The second-order valence-corrected chi connectivity index (χ2v) is 11.9. The fourth-order valence-corrected chi connectivity index (χ4v) is 5.88. The summed E-state index contributed by atoms with van der Waals surface area (Å²) in [6.45, 7) is 1.82. The summed E-state index contributed by atoms with van der Waals surface area (Å²) < 4.78 is 12.6. The maximum absolute atomic E-state index is 11.8. The zero-order valence-corrected chi connectivity index (χ0v) is 27.7. The molecule has 0 bridgehead atoms. The average Bonchev–Trinajstić information content (AvgIpc) is 3.16. The van der Waals surface area contributed by atoms with Gasteiger partial charge in [-0.15, -0.1) is 0 Å². The van der Waals surface area contributed by atoms with Gasteiger partial charge in [0.2, 0.25) is 0 Å². The van der Waals surface area contributed by atoms with Crippen molar-refractivity contribution in [2.45, 2.75) is 25.6 Å². The number of benzene rings is 6. The maximum Gasteiger partial charge on any atom is 0.320 e. The molecule has 0 heterocycles. The number of aliphatic carboxylic acids is 1. The largest absolute Gasteiger partial charge is 0.481 e. The highest BCUT2D eigenvalue weighted by Gasteiger charge is 2.20. The number of nitrogens with zero attached hydrogens (tertiary/aromatic N) is 1. The summed E-state index contributed by atoms with van der Waals surface area (Å²) in [5, 5.41) is 13.9. The molecular formula is C44H38N2O4. The van der Waals surface area contributed by atoms with E-state index in [0.29, 0.717) is 19.6 Å². The smallest absolute Gasteiger partial charge is 0.320 e. The summed E-state index contributed by atoms with van der Waals surface area (Å²) in [6, 6.07) is 43.1. The Morgan fingerprint density at radius 1 is 0.620 bits per heavy atom. The molecule has 6 aromatic carbocycles. The van der Waals surface area contributed by atoms with Crippen LogP contribution in [0.25, 0.3) is 21.5 Å². The van der Waals surface area contributed by atoms with Crippen LogP contribution in [0.5, 0.6) is 11.5 Å². The number of nitrogens with two attached hydrogens (primary N) is 1. The van der Waals surface area contributed by atoms with E-state index < -0.39 is 12.0 Å². The normalized spacial score (nSPS) is 11.3. The van der Waals surface area contributed by atoms with Gasteiger partial charge in [-0.3, -0.25) is 9.69 Å². The molecule has 0 saturated carbocycles. The van der Waals surface area contributed by atoms with Crippen molar-refractivity contribution in [2.75, 3.05) is 19.8 Å². The molecule has 3 N–H and O–H groups in total. The van der Waals surface area contributed by atoms with Gasteiger partial charge in [-0.1, -0.05) is 121 Å². The molecule has 0 radical (unpaired) electrons. The van der Waals surface area contributed by atoms with Gasteiger partial charge in [-0.2, -0.15) is 0 Å². The predicted octanol–water partition coefficient (Wildman–Crippen LogP) is 7.66. The van der Waals surface area contributed by atoms with Crippen molar-refractivity contribution in [3.63, 3.8) is 0 Å². The molecule has 6 aromatic rings. The van der Waals surface area contributed by atoms with Crippen LogP contribution in [0.1, 0.15) is 28.7 Å². The Hall–Kier alpha value is -6.05. The molecule has 6 nitrogen and oxygen atoms in total. The van der Waals surface area contributed by atoms with E-state index in [1.165, 1.54) is 0 Å². The molecule has 0 fully saturated rings. The molecular weight excluding hydrogens is 620 g/mol. The lowest BCUT2D eigenvalue weighted by Crippen LogP contribution is -2.35. The minimum absolute atomic E-state index is 0.218. The van der Waals surface area contributed by atoms with Crippen molar-refractivity contribution in [3.8, 4) is 35.2 Å². The van der Waals surface area contributed by atoms with E-state index in [1.807, 2.05) is 97.1 Å². The van der Waals surface area contributed by atoms with E-state index in [9.17, 15) is 9.90 Å². The SMILES string of the molecule is N[C@@H](CCN(Cc1c(OCC#Cc2ccccc2)ccc2ccccc12)Cc1c(OCC#Cc2ccccc2)ccc2ccccc12)C(=O)O. The Balaban J connectivity index is 1.33. The lowest BCUT2D eigenvalue weighted by Gasteiger charge is -2.27. The van der Waals surface area contributed by atoms with E-state index in [2.05, 4.69) is 65.0 Å². The Morgan fingerprint density at radius 2 is 1.06 bits per heavy atom. The van der Waals surface area contributed by atoms with Crippen molar-refractivity contribution in [2.24, 2.45) is 5.73 Å². The van der Waals surface area contributed by atoms with Gasteiger partial charge >= 0.3 is 5.97 Å². The Labute approximate surface area is 293 Å². The Bertz CT molecular complexity index is 2050. The molecule has 0 aliphatic rings. The summed E-state index contributed by atoms with van der Waals surface area (Å²) in [6.07, 6.45) is 0.266. The molecule has 6 rings (SSSR count). The van der Waals surface area contributed by atoms with E-state index in [-0.39, 0.29) is 19.6 Å². The third kappa shape index (κ3) is 8.89. The van der Waals surface area contributed by atoms with E-state index >= 15 is 0 Å². The van der Waals surface area contributed by atoms with Gasteiger partial charge in [-0.25, -0.2) is 0 Å². The van der Waals surface area contributed by atoms with E-state index in [0.717, 1.165) is 55.3 Å². The number of fused-ring (bicyclic) bond motifs is 2. The summed E-state index contributed by atoms with van der Waals surface area (Å²) >= 11 is 0. The first-order chi connectivity index (χ1) is 24.5. The van der Waals surface area contributed by atoms with Crippen LogP contribution in [0.3, 0.4) is 0 Å². The number of ether oxygens (including phenoxy) is 2. The number of hydrogen-bond acceptors (Lipinski definition) is 5. The van der Waals surface area contributed by atoms with Crippen LogP contribution in [-0.2, 0) is 17.9 Å². The number of carbonyl (C=O) groups is 1. The molecule has 0 aliphatic carbocycles. The first-order valence-corrected chi connectivity index (χ1v) is 16.6. The minimum atomic E-state index is -1.03. The number of carboxylic acids is 1. The standard InChI is InChI=1S/C44H38N2O4/c45-41(44(47)48)27-28-46(31-39-37-21-9-7-19-35(37)23-25-42(39)49-29-11-17-33-13-3-1-4-14-33)32-40-38-22-10-8-20-36(38)24-26-43(40)50-30-12-18-34-15-5-2-6-16-34/h1-10,13-16,19-26,41H,27-32,45H2,(H,47,48)/t41-/m0/s1. The van der Waals surface area contributed by atoms with Gasteiger partial charge in [0.15, 0.2) is 0 Å². The van der Waals surface area contributed by atoms with Gasteiger partial charge in [0, 0.05) is 41.9 Å². The zero-order chi connectivity index (χ0) is 34.5. The number of carboxylic acid groups (broad SMARTS) is 1. The Morgan fingerprint density at radius 3 is 1.52 bits per heavy atom. The van der Waals surface area contributed by atoms with Crippen LogP contribution in [0.15, 0.2) is 133 Å². The zero-order valence-electron chi connectivity index (χ0n) is 27.7. The molecule has 0 spiro atoms. The third-order valence-corrected chi connectivity index (χ3v) is 8.44. The predicted molar refractivity (Wildman–Crippen MR) is 200 cm³/mol. The summed E-state index contributed by atoms with van der Waals surface area (Å²) in [7, 11) is 0. The summed E-state index contributed by atoms with van der Waals surface area (Å²) in [5.74, 6) is 13.0. The van der Waals surface area contributed by atoms with Crippen molar-refractivity contribution in [3.05, 3.63) is 156 Å². The first-order valence-electron chi connectivity index (χ1n) is 16.6. The van der Waals surface area contributed by atoms with Gasteiger partial charge in [-0.05, 0) is 64.4 Å². The van der Waals surface area contributed by atoms with Crippen LogP contribution < -0.4 is 15.2 Å². The quantitative estimate of drug-likeness (QED) is 0.131. The topological polar surface area (TPSA) is 85.0 Å². The monoisotopic (exact) mass is 658 g/mol. The molecule has 248 valence electrons. The van der Waals surface area contributed by atoms with E-state index in [1.54, 1.807) is 0 Å². The summed E-state index contributed by atoms with van der Waals surface area (Å²) in [5.41, 5.74) is 9.88. The van der Waals surface area contributed by atoms with Crippen LogP contribution in [0, 0.1) is 23.7 Å². The maximum atomic E-state index is 11.8. The second-order valence-electron chi connectivity index (χ2n) is 11.9. The van der Waals surface area contributed by atoms with Crippen molar-refractivity contribution >= 4 is 27.5 Å². The lowest BCUT2D eigenvalue weighted by atomic mass is 10.0. The van der Waals surface area contributed by atoms with E-state index in [4.69, 9.17) is 15.2 Å². The molecule has 0 amide bonds. The van der Waals surface area contributed by atoms with Crippen molar-refractivity contribution < 1.29 is 19.4 Å². The van der Waals surface area contributed by atoms with Crippen molar-refractivity contribution in [1.82, 2.24) is 4.90 Å². The van der Waals surface area contributed by atoms with Gasteiger partial charge in [0.1, 0.15) is 30.8 Å². The molecule has 1 atom stereocenters. The molecule has 0 aromatic heterocycles. The summed E-state index contributed by atoms with van der Waals surface area (Å²) in [4.78, 5) is 14.0. The highest BCUT2D eigenvalue weighted by molar-refractivity contribution is 5.89. The molecule has 6 heteroatoms. The molecule has 0 aliphatic heterocycles. The van der Waals surface area contributed by atoms with Crippen LogP contribution in [0.4, 0.5) is 0 Å². The highest BCUT2D eigenvalue weighted by atomic mass is 16.5. The molecule has 50 heavy (non-hydrogen) atoms. The minimum Gasteiger partial charge on any atom is -0.481 e. The van der Waals surface area contributed by atoms with Gasteiger partial charge in [0.25, 0.3) is 0 Å². The van der Waals surface area contributed by atoms with Crippen LogP contribution >= 0.6 is 0 Å². The lowest BCUT2D eigenvalue weighted by molar-refractivity contribution is -0.138. The third-order valence-electron chi connectivity index (χ3n) is 8.44. The second kappa shape index (κ2) is 16.9. The van der Waals surface area contributed by atoms with Gasteiger partial charge in [0.05, 0.1) is 0 Å². The fourth-order valence-electron chi connectivity index (χ4n) is 5.88. The average molecular weight is 659 g/mol. The van der Waals surface area contributed by atoms with Gasteiger partial charge < -0.3 is 20.3 Å². The molecule has 0 unspecified atom stereocenters. The first kappa shape index (κ1) is 33.8. The fraction of sp³-hybridized carbons (Fsp3) is 0.159. The number of rotatable bonds is 12. The number of hydrogen-bond donors (Lipinski definition) is 2. The Kier molecular flexibility index (Phi) is 11.4.